The van der Waals surface area contributed by atoms with Crippen molar-refractivity contribution in [2.45, 2.75) is 83.6 Å². The quantitative estimate of drug-likeness (QED) is 0.781. The van der Waals surface area contributed by atoms with Crippen molar-refractivity contribution in [3.63, 3.8) is 0 Å². The van der Waals surface area contributed by atoms with Gasteiger partial charge in [0.2, 0.25) is 0 Å². The maximum absolute atomic E-state index is 12.3. The molecule has 1 heterocycles. The third kappa shape index (κ3) is 4.54. The SMILES string of the molecule is CC(C)(C)OC(=O)N1CCC2(CC[C@H]2N[S+]([O-])C(C)(C)C)CC1. The Labute approximate surface area is 143 Å². The summed E-state index contributed by atoms with van der Waals surface area (Å²) >= 11 is -1.03. The number of rotatable bonds is 2. The summed E-state index contributed by atoms with van der Waals surface area (Å²) in [6, 6.07) is 0.309. The zero-order chi connectivity index (χ0) is 17.5. The minimum absolute atomic E-state index is 0.208. The molecule has 0 bridgehead atoms. The fourth-order valence-electron chi connectivity index (χ4n) is 3.25. The van der Waals surface area contributed by atoms with Crippen LogP contribution in [-0.2, 0) is 16.1 Å². The summed E-state index contributed by atoms with van der Waals surface area (Å²) in [6.45, 7) is 13.1. The molecule has 6 heteroatoms. The Balaban J connectivity index is 1.87. The van der Waals surface area contributed by atoms with Gasteiger partial charge in [-0.15, -0.1) is 4.72 Å². The average Bonchev–Trinajstić information content (AvgIpc) is 2.40. The van der Waals surface area contributed by atoms with E-state index in [1.165, 1.54) is 0 Å². The van der Waals surface area contributed by atoms with Crippen molar-refractivity contribution in [3.8, 4) is 0 Å². The first-order valence-corrected chi connectivity index (χ1v) is 9.74. The minimum Gasteiger partial charge on any atom is -0.598 e. The predicted octanol–water partition coefficient (Wildman–Crippen LogP) is 3.22. The zero-order valence-electron chi connectivity index (χ0n) is 15.4. The van der Waals surface area contributed by atoms with Gasteiger partial charge < -0.3 is 14.2 Å². The molecule has 2 fully saturated rings. The van der Waals surface area contributed by atoms with Gasteiger partial charge >= 0.3 is 6.09 Å². The molecule has 1 spiro atoms. The number of hydrogen-bond acceptors (Lipinski definition) is 4. The van der Waals surface area contributed by atoms with Crippen LogP contribution in [-0.4, -0.2) is 45.0 Å². The molecule has 0 aromatic rings. The van der Waals surface area contributed by atoms with E-state index in [1.807, 2.05) is 46.4 Å². The van der Waals surface area contributed by atoms with E-state index in [2.05, 4.69) is 4.72 Å². The van der Waals surface area contributed by atoms with Crippen LogP contribution < -0.4 is 4.72 Å². The van der Waals surface area contributed by atoms with Crippen LogP contribution in [0.25, 0.3) is 0 Å². The van der Waals surface area contributed by atoms with Crippen LogP contribution in [0.3, 0.4) is 0 Å². The third-order valence-corrected chi connectivity index (χ3v) is 6.50. The smallest absolute Gasteiger partial charge is 0.410 e. The van der Waals surface area contributed by atoms with E-state index in [9.17, 15) is 9.35 Å². The normalized spacial score (nSPS) is 25.9. The lowest BCUT2D eigenvalue weighted by Crippen LogP contribution is -2.61. The van der Waals surface area contributed by atoms with Gasteiger partial charge in [-0.25, -0.2) is 4.79 Å². The van der Waals surface area contributed by atoms with Crippen LogP contribution in [0, 0.1) is 5.41 Å². The molecule has 2 rings (SSSR count). The molecule has 1 saturated carbocycles. The molecule has 1 unspecified atom stereocenters. The van der Waals surface area contributed by atoms with Gasteiger partial charge in [-0.3, -0.25) is 0 Å². The summed E-state index contributed by atoms with van der Waals surface area (Å²) in [5.41, 5.74) is -0.240. The highest BCUT2D eigenvalue weighted by Crippen LogP contribution is 2.49. The molecule has 5 nitrogen and oxygen atoms in total. The van der Waals surface area contributed by atoms with Crippen LogP contribution in [0.2, 0.25) is 0 Å². The Hall–Kier alpha value is -0.460. The highest BCUT2D eigenvalue weighted by atomic mass is 32.2. The van der Waals surface area contributed by atoms with Gasteiger partial charge in [0.15, 0.2) is 0 Å². The van der Waals surface area contributed by atoms with E-state index >= 15 is 0 Å². The van der Waals surface area contributed by atoms with Crippen molar-refractivity contribution in [3.05, 3.63) is 0 Å². The van der Waals surface area contributed by atoms with Crippen molar-refractivity contribution in [1.82, 2.24) is 9.62 Å². The van der Waals surface area contributed by atoms with Crippen LogP contribution in [0.4, 0.5) is 4.79 Å². The first-order chi connectivity index (χ1) is 10.4. The zero-order valence-corrected chi connectivity index (χ0v) is 16.2. The molecular weight excluding hydrogens is 312 g/mol. The van der Waals surface area contributed by atoms with Crippen molar-refractivity contribution < 1.29 is 14.1 Å². The second-order valence-corrected chi connectivity index (χ2v) is 10.9. The number of likely N-dealkylation sites (tertiary alicyclic amines) is 1. The molecular formula is C17H32N2O3S. The van der Waals surface area contributed by atoms with Crippen molar-refractivity contribution in [2.24, 2.45) is 5.41 Å². The van der Waals surface area contributed by atoms with Gasteiger partial charge in [0.1, 0.15) is 10.3 Å². The standard InChI is InChI=1S/C17H32N2O3S/c1-15(2,3)22-14(20)19-11-9-17(10-12-19)8-7-13(17)18-23(21)16(4,5)6/h13,18H,7-12H2,1-6H3/t13-,23?/m1/s1. The first kappa shape index (κ1) is 18.9. The molecule has 2 atom stereocenters. The number of ether oxygens (including phenoxy) is 1. The molecule has 1 aliphatic heterocycles. The van der Waals surface area contributed by atoms with Gasteiger partial charge in [-0.2, -0.15) is 0 Å². The number of nitrogens with one attached hydrogen (secondary N) is 1. The molecule has 134 valence electrons. The Morgan fingerprint density at radius 2 is 1.74 bits per heavy atom. The summed E-state index contributed by atoms with van der Waals surface area (Å²) in [5, 5.41) is 0. The van der Waals surface area contributed by atoms with Gasteiger partial charge in [-0.1, -0.05) is 0 Å². The first-order valence-electron chi connectivity index (χ1n) is 8.59. The fourth-order valence-corrected chi connectivity index (χ4v) is 4.23. The van der Waals surface area contributed by atoms with Crippen LogP contribution in [0.1, 0.15) is 67.2 Å². The van der Waals surface area contributed by atoms with E-state index in [4.69, 9.17) is 4.74 Å². The lowest BCUT2D eigenvalue weighted by molar-refractivity contribution is -0.0184. The second-order valence-electron chi connectivity index (χ2n) is 8.92. The van der Waals surface area contributed by atoms with Gasteiger partial charge in [0.25, 0.3) is 0 Å². The van der Waals surface area contributed by atoms with E-state index in [1.54, 1.807) is 0 Å². The topological polar surface area (TPSA) is 64.6 Å². The highest BCUT2D eigenvalue weighted by molar-refractivity contribution is 7.90. The Morgan fingerprint density at radius 3 is 2.13 bits per heavy atom. The van der Waals surface area contributed by atoms with Gasteiger partial charge in [0.05, 0.1) is 6.04 Å². The van der Waals surface area contributed by atoms with Gasteiger partial charge in [-0.05, 0) is 72.6 Å². The molecule has 1 amide bonds. The van der Waals surface area contributed by atoms with E-state index < -0.39 is 17.0 Å². The highest BCUT2D eigenvalue weighted by Gasteiger charge is 2.51. The molecule has 1 aliphatic carbocycles. The second kappa shape index (κ2) is 6.45. The molecule has 0 aromatic carbocycles. The summed E-state index contributed by atoms with van der Waals surface area (Å²) in [5.74, 6) is 0. The van der Waals surface area contributed by atoms with Crippen LogP contribution in [0.5, 0.6) is 0 Å². The maximum Gasteiger partial charge on any atom is 0.410 e. The van der Waals surface area contributed by atoms with Crippen molar-refractivity contribution in [2.75, 3.05) is 13.1 Å². The van der Waals surface area contributed by atoms with Crippen molar-refractivity contribution in [1.29, 1.82) is 0 Å². The molecule has 2 aliphatic rings. The number of carbonyl (C=O) groups is 1. The fraction of sp³-hybridized carbons (Fsp3) is 0.941. The summed E-state index contributed by atoms with van der Waals surface area (Å²) in [4.78, 5) is 14.0. The molecule has 1 saturated heterocycles. The summed E-state index contributed by atoms with van der Waals surface area (Å²) in [7, 11) is 0. The lowest BCUT2D eigenvalue weighted by Gasteiger charge is -2.53. The van der Waals surface area contributed by atoms with Crippen LogP contribution >= 0.6 is 0 Å². The van der Waals surface area contributed by atoms with Gasteiger partial charge in [0, 0.05) is 24.5 Å². The molecule has 0 radical (unpaired) electrons. The Bertz CT molecular complexity index is 434. The van der Waals surface area contributed by atoms with E-state index in [-0.39, 0.29) is 16.3 Å². The number of nitrogens with zero attached hydrogens (tertiary/aromatic N) is 1. The van der Waals surface area contributed by atoms with E-state index in [0.717, 1.165) is 38.8 Å². The Morgan fingerprint density at radius 1 is 1.17 bits per heavy atom. The monoisotopic (exact) mass is 344 g/mol. The van der Waals surface area contributed by atoms with Crippen LogP contribution in [0.15, 0.2) is 0 Å². The molecule has 23 heavy (non-hydrogen) atoms. The number of hydrogen-bond donors (Lipinski definition) is 1. The van der Waals surface area contributed by atoms with E-state index in [0.29, 0.717) is 6.04 Å². The number of carbonyl (C=O) groups excluding carboxylic acids is 1. The summed E-state index contributed by atoms with van der Waals surface area (Å²) in [6.07, 6.45) is 3.95. The number of piperidine rings is 1. The largest absolute Gasteiger partial charge is 0.598 e. The lowest BCUT2D eigenvalue weighted by atomic mass is 9.60. The maximum atomic E-state index is 12.3. The minimum atomic E-state index is -1.03. The number of amides is 1. The molecule has 0 aromatic heterocycles. The predicted molar refractivity (Wildman–Crippen MR) is 93.5 cm³/mol. The Kier molecular flexibility index (Phi) is 5.29. The average molecular weight is 345 g/mol. The van der Waals surface area contributed by atoms with Crippen molar-refractivity contribution >= 4 is 17.5 Å². The third-order valence-electron chi connectivity index (χ3n) is 4.89. The summed E-state index contributed by atoms with van der Waals surface area (Å²) < 4.78 is 20.9. The molecule has 1 N–H and O–H groups in total.